The lowest BCUT2D eigenvalue weighted by Gasteiger charge is -2.51. The zero-order chi connectivity index (χ0) is 14.9. The predicted molar refractivity (Wildman–Crippen MR) is 74.1 cm³/mol. The van der Waals surface area contributed by atoms with Gasteiger partial charge in [-0.15, -0.1) is 11.3 Å². The summed E-state index contributed by atoms with van der Waals surface area (Å²) in [5, 5.41) is 13.2. The molecule has 20 heavy (non-hydrogen) atoms. The van der Waals surface area contributed by atoms with Gasteiger partial charge in [-0.25, -0.2) is 9.78 Å². The third-order valence-electron chi connectivity index (χ3n) is 3.77. The standard InChI is InChI=1S/C13H18N2O4S/c1-4-19-9-5-8(13(9,2)3)15-10(16)11-14-7(6-20-11)12(17)18/h6,8-9H,4-5H2,1-3H3,(H,15,16)(H,17,18). The summed E-state index contributed by atoms with van der Waals surface area (Å²) in [6.45, 7) is 6.70. The second-order valence-electron chi connectivity index (χ2n) is 5.37. The van der Waals surface area contributed by atoms with Crippen molar-refractivity contribution in [2.24, 2.45) is 5.41 Å². The molecule has 0 aliphatic heterocycles. The first kappa shape index (κ1) is 14.9. The molecule has 1 amide bonds. The Labute approximate surface area is 121 Å². The van der Waals surface area contributed by atoms with E-state index in [2.05, 4.69) is 10.3 Å². The van der Waals surface area contributed by atoms with Gasteiger partial charge >= 0.3 is 5.97 Å². The number of hydrogen-bond donors (Lipinski definition) is 2. The number of hydrogen-bond acceptors (Lipinski definition) is 5. The minimum atomic E-state index is -1.12. The zero-order valence-corrected chi connectivity index (χ0v) is 12.5. The molecule has 2 atom stereocenters. The van der Waals surface area contributed by atoms with Crippen LogP contribution in [0, 0.1) is 5.41 Å². The lowest BCUT2D eigenvalue weighted by Crippen LogP contribution is -2.62. The highest BCUT2D eigenvalue weighted by Crippen LogP contribution is 2.42. The number of amides is 1. The van der Waals surface area contributed by atoms with E-state index in [1.807, 2.05) is 20.8 Å². The molecular weight excluding hydrogens is 280 g/mol. The van der Waals surface area contributed by atoms with Gasteiger partial charge in [-0.2, -0.15) is 0 Å². The van der Waals surface area contributed by atoms with Gasteiger partial charge in [0, 0.05) is 23.4 Å². The van der Waals surface area contributed by atoms with E-state index >= 15 is 0 Å². The molecule has 1 aliphatic rings. The Kier molecular flexibility index (Phi) is 4.10. The van der Waals surface area contributed by atoms with E-state index in [1.54, 1.807) is 0 Å². The lowest BCUT2D eigenvalue weighted by molar-refractivity contribution is -0.111. The van der Waals surface area contributed by atoms with Crippen LogP contribution < -0.4 is 5.32 Å². The zero-order valence-electron chi connectivity index (χ0n) is 11.7. The average molecular weight is 298 g/mol. The summed E-state index contributed by atoms with van der Waals surface area (Å²) in [6, 6.07) is 0.0173. The Morgan fingerprint density at radius 2 is 2.30 bits per heavy atom. The third kappa shape index (κ3) is 2.69. The number of thiazole rings is 1. The molecule has 110 valence electrons. The normalized spacial score (nSPS) is 23.9. The first-order valence-corrected chi connectivity index (χ1v) is 7.35. The van der Waals surface area contributed by atoms with Crippen LogP contribution in [0.1, 0.15) is 47.5 Å². The van der Waals surface area contributed by atoms with Crippen molar-refractivity contribution in [2.75, 3.05) is 6.61 Å². The Morgan fingerprint density at radius 3 is 2.80 bits per heavy atom. The molecule has 1 aromatic rings. The van der Waals surface area contributed by atoms with E-state index in [-0.39, 0.29) is 34.2 Å². The molecule has 0 saturated heterocycles. The van der Waals surface area contributed by atoms with Crippen LogP contribution in [-0.2, 0) is 4.74 Å². The number of nitrogens with one attached hydrogen (secondary N) is 1. The van der Waals surface area contributed by atoms with E-state index in [0.717, 1.165) is 17.8 Å². The second kappa shape index (κ2) is 5.49. The topological polar surface area (TPSA) is 88.5 Å². The van der Waals surface area contributed by atoms with Crippen molar-refractivity contribution in [1.82, 2.24) is 10.3 Å². The molecule has 0 aromatic carbocycles. The van der Waals surface area contributed by atoms with E-state index in [0.29, 0.717) is 6.61 Å². The lowest BCUT2D eigenvalue weighted by atomic mass is 9.64. The summed E-state index contributed by atoms with van der Waals surface area (Å²) in [5.41, 5.74) is -0.223. The minimum absolute atomic E-state index is 0.0173. The highest BCUT2D eigenvalue weighted by Gasteiger charge is 2.49. The molecule has 1 saturated carbocycles. The SMILES string of the molecule is CCOC1CC(NC(=O)c2nc(C(=O)O)cs2)C1(C)C. The van der Waals surface area contributed by atoms with Crippen LogP contribution in [-0.4, -0.2) is 40.7 Å². The molecule has 1 aliphatic carbocycles. The van der Waals surface area contributed by atoms with E-state index in [4.69, 9.17) is 9.84 Å². The van der Waals surface area contributed by atoms with Crippen molar-refractivity contribution in [3.8, 4) is 0 Å². The fraction of sp³-hybridized carbons (Fsp3) is 0.615. The molecule has 2 unspecified atom stereocenters. The summed E-state index contributed by atoms with van der Waals surface area (Å²) in [4.78, 5) is 26.6. The Morgan fingerprint density at radius 1 is 1.60 bits per heavy atom. The van der Waals surface area contributed by atoms with Gasteiger partial charge in [0.25, 0.3) is 5.91 Å². The molecule has 2 N–H and O–H groups in total. The molecule has 0 spiro atoms. The number of carboxylic acid groups (broad SMARTS) is 1. The van der Waals surface area contributed by atoms with Crippen molar-refractivity contribution < 1.29 is 19.4 Å². The molecular formula is C13H18N2O4S. The summed E-state index contributed by atoms with van der Waals surface area (Å²) in [6.07, 6.45) is 0.910. The van der Waals surface area contributed by atoms with Gasteiger partial charge in [-0.3, -0.25) is 4.79 Å². The molecule has 1 fully saturated rings. The van der Waals surface area contributed by atoms with Gasteiger partial charge < -0.3 is 15.2 Å². The number of aromatic nitrogens is 1. The van der Waals surface area contributed by atoms with Gasteiger partial charge in [0.05, 0.1) is 6.10 Å². The van der Waals surface area contributed by atoms with E-state index in [9.17, 15) is 9.59 Å². The van der Waals surface area contributed by atoms with Crippen molar-refractivity contribution in [3.63, 3.8) is 0 Å². The second-order valence-corrected chi connectivity index (χ2v) is 6.23. The molecule has 6 nitrogen and oxygen atoms in total. The van der Waals surface area contributed by atoms with Gasteiger partial charge in [0.15, 0.2) is 10.7 Å². The van der Waals surface area contributed by atoms with Gasteiger partial charge in [0.2, 0.25) is 0 Å². The van der Waals surface area contributed by atoms with Crippen LogP contribution in [0.5, 0.6) is 0 Å². The average Bonchev–Trinajstić information content (AvgIpc) is 2.87. The fourth-order valence-corrected chi connectivity index (χ4v) is 3.00. The first-order chi connectivity index (χ1) is 9.36. The first-order valence-electron chi connectivity index (χ1n) is 6.47. The minimum Gasteiger partial charge on any atom is -0.476 e. The highest BCUT2D eigenvalue weighted by molar-refractivity contribution is 7.11. The van der Waals surface area contributed by atoms with Gasteiger partial charge in [-0.05, 0) is 13.3 Å². The van der Waals surface area contributed by atoms with Crippen LogP contribution >= 0.6 is 11.3 Å². The summed E-state index contributed by atoms with van der Waals surface area (Å²) >= 11 is 1.04. The molecule has 2 rings (SSSR count). The maximum atomic E-state index is 12.0. The number of rotatable bonds is 5. The Balaban J connectivity index is 1.97. The number of nitrogens with zero attached hydrogens (tertiary/aromatic N) is 1. The summed E-state index contributed by atoms with van der Waals surface area (Å²) < 4.78 is 5.60. The maximum absolute atomic E-state index is 12.0. The van der Waals surface area contributed by atoms with Crippen LogP contribution in [0.15, 0.2) is 5.38 Å². The van der Waals surface area contributed by atoms with Gasteiger partial charge in [-0.1, -0.05) is 13.8 Å². The number of carboxylic acids is 1. The molecule has 7 heteroatoms. The third-order valence-corrected chi connectivity index (χ3v) is 4.61. The van der Waals surface area contributed by atoms with Crippen LogP contribution in [0.25, 0.3) is 0 Å². The van der Waals surface area contributed by atoms with Crippen LogP contribution in [0.2, 0.25) is 0 Å². The molecule has 0 bridgehead atoms. The smallest absolute Gasteiger partial charge is 0.355 e. The largest absolute Gasteiger partial charge is 0.476 e. The molecule has 0 radical (unpaired) electrons. The molecule has 1 aromatic heterocycles. The number of aromatic carboxylic acids is 1. The number of ether oxygens (including phenoxy) is 1. The predicted octanol–water partition coefficient (Wildman–Crippen LogP) is 1.77. The van der Waals surface area contributed by atoms with E-state index in [1.165, 1.54) is 5.38 Å². The Hall–Kier alpha value is -1.47. The van der Waals surface area contributed by atoms with Crippen molar-refractivity contribution in [3.05, 3.63) is 16.1 Å². The monoisotopic (exact) mass is 298 g/mol. The van der Waals surface area contributed by atoms with Crippen LogP contribution in [0.3, 0.4) is 0 Å². The van der Waals surface area contributed by atoms with Crippen LogP contribution in [0.4, 0.5) is 0 Å². The number of carbonyl (C=O) groups is 2. The van der Waals surface area contributed by atoms with Crippen molar-refractivity contribution in [1.29, 1.82) is 0 Å². The molecule has 1 heterocycles. The highest BCUT2D eigenvalue weighted by atomic mass is 32.1. The summed E-state index contributed by atoms with van der Waals surface area (Å²) in [7, 11) is 0. The van der Waals surface area contributed by atoms with Crippen molar-refractivity contribution >= 4 is 23.2 Å². The Bertz CT molecular complexity index is 526. The van der Waals surface area contributed by atoms with Gasteiger partial charge in [0.1, 0.15) is 0 Å². The van der Waals surface area contributed by atoms with E-state index < -0.39 is 5.97 Å². The number of carbonyl (C=O) groups excluding carboxylic acids is 1. The maximum Gasteiger partial charge on any atom is 0.355 e. The quantitative estimate of drug-likeness (QED) is 0.865. The fourth-order valence-electron chi connectivity index (χ4n) is 2.31. The van der Waals surface area contributed by atoms with Crippen molar-refractivity contribution in [2.45, 2.75) is 39.3 Å². The summed E-state index contributed by atoms with van der Waals surface area (Å²) in [5.74, 6) is -1.45.